The Bertz CT molecular complexity index is 489. The Morgan fingerprint density at radius 2 is 2.33 bits per heavy atom. The average Bonchev–Trinajstić information content (AvgIpc) is 3.03. The van der Waals surface area contributed by atoms with Gasteiger partial charge in [0.15, 0.2) is 0 Å². The topological polar surface area (TPSA) is 45.7 Å². The molecule has 0 saturated carbocycles. The summed E-state index contributed by atoms with van der Waals surface area (Å²) in [5.74, 6) is 0.880. The van der Waals surface area contributed by atoms with Crippen molar-refractivity contribution in [3.63, 3.8) is 0 Å². The number of aromatic nitrogens is 1. The first-order valence-corrected chi connectivity index (χ1v) is 8.70. The van der Waals surface area contributed by atoms with Gasteiger partial charge in [0.25, 0.3) is 0 Å². The van der Waals surface area contributed by atoms with E-state index in [1.54, 1.807) is 11.3 Å². The summed E-state index contributed by atoms with van der Waals surface area (Å²) in [6, 6.07) is 0. The Balaban J connectivity index is 1.26. The second kappa shape index (κ2) is 5.66. The zero-order valence-electron chi connectivity index (χ0n) is 12.1. The van der Waals surface area contributed by atoms with Gasteiger partial charge < -0.3 is 9.64 Å². The number of hydrogen-bond acceptors (Lipinski definition) is 5. The normalized spacial score (nSPS) is 32.2. The number of amides is 1. The number of thiazole rings is 1. The third kappa shape index (κ3) is 2.84. The van der Waals surface area contributed by atoms with Gasteiger partial charge in [0.1, 0.15) is 5.01 Å². The van der Waals surface area contributed by atoms with E-state index in [-0.39, 0.29) is 12.0 Å². The van der Waals surface area contributed by atoms with Crippen LogP contribution in [0.3, 0.4) is 0 Å². The van der Waals surface area contributed by atoms with Crippen LogP contribution in [0.5, 0.6) is 0 Å². The molecule has 3 atom stereocenters. The Morgan fingerprint density at radius 3 is 3.00 bits per heavy atom. The Labute approximate surface area is 128 Å². The fraction of sp³-hybridized carbons (Fsp3) is 0.733. The minimum atomic E-state index is 0.148. The van der Waals surface area contributed by atoms with E-state index >= 15 is 0 Å². The summed E-state index contributed by atoms with van der Waals surface area (Å²) < 4.78 is 6.12. The maximum absolute atomic E-state index is 12.0. The number of rotatable bonds is 4. The lowest BCUT2D eigenvalue weighted by molar-refractivity contribution is -0.137. The highest BCUT2D eigenvalue weighted by Crippen LogP contribution is 2.35. The van der Waals surface area contributed by atoms with Crippen LogP contribution in [0.1, 0.15) is 24.3 Å². The highest BCUT2D eigenvalue weighted by molar-refractivity contribution is 7.09. The predicted molar refractivity (Wildman–Crippen MR) is 80.0 cm³/mol. The molecule has 5 nitrogen and oxygen atoms in total. The average molecular weight is 307 g/mol. The monoisotopic (exact) mass is 307 g/mol. The zero-order valence-corrected chi connectivity index (χ0v) is 12.9. The van der Waals surface area contributed by atoms with Crippen LogP contribution >= 0.6 is 11.3 Å². The molecule has 1 aromatic heterocycles. The molecule has 0 radical (unpaired) electrons. The lowest BCUT2D eigenvalue weighted by Gasteiger charge is -2.31. The zero-order chi connectivity index (χ0) is 14.2. The van der Waals surface area contributed by atoms with Crippen LogP contribution in [0.15, 0.2) is 11.6 Å². The summed E-state index contributed by atoms with van der Waals surface area (Å²) in [4.78, 5) is 20.7. The molecule has 0 bridgehead atoms. The van der Waals surface area contributed by atoms with Gasteiger partial charge >= 0.3 is 0 Å². The van der Waals surface area contributed by atoms with Crippen LogP contribution in [0, 0.1) is 5.92 Å². The molecule has 3 fully saturated rings. The maximum Gasteiger partial charge on any atom is 0.225 e. The van der Waals surface area contributed by atoms with Gasteiger partial charge in [-0.25, -0.2) is 4.98 Å². The Morgan fingerprint density at radius 1 is 1.43 bits per heavy atom. The lowest BCUT2D eigenvalue weighted by Crippen LogP contribution is -2.43. The van der Waals surface area contributed by atoms with E-state index in [1.165, 1.54) is 5.01 Å². The summed E-state index contributed by atoms with van der Waals surface area (Å²) in [5, 5.41) is 3.21. The van der Waals surface area contributed by atoms with Gasteiger partial charge in [-0.3, -0.25) is 9.69 Å². The number of nitrogens with zero attached hydrogens (tertiary/aromatic N) is 3. The molecule has 6 heteroatoms. The largest absolute Gasteiger partial charge is 0.373 e. The molecule has 0 N–H and O–H groups in total. The first-order chi connectivity index (χ1) is 10.3. The third-order valence-electron chi connectivity index (χ3n) is 4.84. The molecule has 1 aromatic rings. The molecule has 0 aromatic carbocycles. The molecule has 3 aliphatic heterocycles. The van der Waals surface area contributed by atoms with E-state index in [0.29, 0.717) is 18.4 Å². The van der Waals surface area contributed by atoms with Crippen molar-refractivity contribution in [2.75, 3.05) is 26.2 Å². The molecule has 4 heterocycles. The maximum atomic E-state index is 12.0. The standard InChI is InChI=1S/C15H21N3O2S/c19-15(18-3-1-4-18)7-12-6-11-8-17(9-13(11)20-12)10-14-16-2-5-21-14/h2,5,11-13H,1,3-4,6-10H2/t11-,12+,13+/m0/s1. The fourth-order valence-electron chi connectivity index (χ4n) is 3.62. The van der Waals surface area contributed by atoms with Crippen LogP contribution < -0.4 is 0 Å². The summed E-state index contributed by atoms with van der Waals surface area (Å²) in [7, 11) is 0. The van der Waals surface area contributed by atoms with Crippen molar-refractivity contribution in [3.05, 3.63) is 16.6 Å². The van der Waals surface area contributed by atoms with Gasteiger partial charge in [0.2, 0.25) is 5.91 Å². The highest BCUT2D eigenvalue weighted by Gasteiger charge is 2.42. The first kappa shape index (κ1) is 13.7. The first-order valence-electron chi connectivity index (χ1n) is 7.82. The molecular weight excluding hydrogens is 286 g/mol. The highest BCUT2D eigenvalue weighted by atomic mass is 32.1. The van der Waals surface area contributed by atoms with E-state index in [0.717, 1.165) is 45.6 Å². The van der Waals surface area contributed by atoms with Gasteiger partial charge in [-0.2, -0.15) is 0 Å². The molecule has 0 spiro atoms. The number of fused-ring (bicyclic) bond motifs is 1. The molecule has 3 aliphatic rings. The number of ether oxygens (including phenoxy) is 1. The molecule has 3 saturated heterocycles. The van der Waals surface area contributed by atoms with Gasteiger partial charge in [-0.1, -0.05) is 0 Å². The third-order valence-corrected chi connectivity index (χ3v) is 5.61. The Kier molecular flexibility index (Phi) is 3.69. The number of likely N-dealkylation sites (tertiary alicyclic amines) is 2. The van der Waals surface area contributed by atoms with Crippen molar-refractivity contribution in [2.24, 2.45) is 5.92 Å². The van der Waals surface area contributed by atoms with Gasteiger partial charge in [-0.05, 0) is 12.8 Å². The van der Waals surface area contributed by atoms with Gasteiger partial charge in [0, 0.05) is 43.7 Å². The fourth-order valence-corrected chi connectivity index (χ4v) is 4.28. The van der Waals surface area contributed by atoms with E-state index in [2.05, 4.69) is 9.88 Å². The van der Waals surface area contributed by atoms with E-state index < -0.39 is 0 Å². The van der Waals surface area contributed by atoms with Crippen LogP contribution in [0.2, 0.25) is 0 Å². The minimum absolute atomic E-state index is 0.148. The van der Waals surface area contributed by atoms with E-state index in [4.69, 9.17) is 4.74 Å². The van der Waals surface area contributed by atoms with Gasteiger partial charge in [-0.15, -0.1) is 11.3 Å². The molecule has 21 heavy (non-hydrogen) atoms. The summed E-state index contributed by atoms with van der Waals surface area (Å²) in [5.41, 5.74) is 0. The summed E-state index contributed by atoms with van der Waals surface area (Å²) in [6.45, 7) is 4.89. The number of carbonyl (C=O) groups is 1. The quantitative estimate of drug-likeness (QED) is 0.842. The lowest BCUT2D eigenvalue weighted by atomic mass is 10.0. The molecule has 1 amide bonds. The van der Waals surface area contributed by atoms with Crippen molar-refractivity contribution in [2.45, 2.75) is 38.0 Å². The van der Waals surface area contributed by atoms with E-state index in [9.17, 15) is 4.79 Å². The van der Waals surface area contributed by atoms with Crippen molar-refractivity contribution in [1.29, 1.82) is 0 Å². The van der Waals surface area contributed by atoms with Crippen molar-refractivity contribution < 1.29 is 9.53 Å². The molecule has 0 aliphatic carbocycles. The smallest absolute Gasteiger partial charge is 0.225 e. The molecule has 114 valence electrons. The molecule has 0 unspecified atom stereocenters. The Hall–Kier alpha value is -0.980. The predicted octanol–water partition coefficient (Wildman–Crippen LogP) is 1.35. The van der Waals surface area contributed by atoms with Crippen molar-refractivity contribution in [3.8, 4) is 0 Å². The van der Waals surface area contributed by atoms with Crippen LogP contribution in [0.4, 0.5) is 0 Å². The summed E-state index contributed by atoms with van der Waals surface area (Å²) in [6.07, 6.45) is 5.12. The van der Waals surface area contributed by atoms with Crippen LogP contribution in [-0.4, -0.2) is 59.1 Å². The second-order valence-corrected chi connectivity index (χ2v) is 7.33. The van der Waals surface area contributed by atoms with E-state index in [1.807, 2.05) is 16.5 Å². The van der Waals surface area contributed by atoms with Crippen molar-refractivity contribution in [1.82, 2.24) is 14.8 Å². The second-order valence-electron chi connectivity index (χ2n) is 6.35. The summed E-state index contributed by atoms with van der Waals surface area (Å²) >= 11 is 1.72. The van der Waals surface area contributed by atoms with Crippen molar-refractivity contribution >= 4 is 17.2 Å². The van der Waals surface area contributed by atoms with Crippen LogP contribution in [-0.2, 0) is 16.1 Å². The number of hydrogen-bond donors (Lipinski definition) is 0. The van der Waals surface area contributed by atoms with Crippen LogP contribution in [0.25, 0.3) is 0 Å². The molecule has 4 rings (SSSR count). The minimum Gasteiger partial charge on any atom is -0.373 e. The number of carbonyl (C=O) groups excluding carboxylic acids is 1. The molecular formula is C15H21N3O2S. The van der Waals surface area contributed by atoms with Gasteiger partial charge in [0.05, 0.1) is 25.2 Å². The SMILES string of the molecule is O=C(C[C@H]1C[C@H]2CN(Cc3nccs3)C[C@H]2O1)N1CCC1.